The molecule has 0 fully saturated rings. The van der Waals surface area contributed by atoms with Crippen LogP contribution in [-0.4, -0.2) is 22.1 Å². The van der Waals surface area contributed by atoms with Gasteiger partial charge in [0.15, 0.2) is 0 Å². The highest BCUT2D eigenvalue weighted by atomic mass is 35.5. The van der Waals surface area contributed by atoms with E-state index >= 15 is 0 Å². The van der Waals surface area contributed by atoms with Gasteiger partial charge in [0, 0.05) is 11.1 Å². The second kappa shape index (κ2) is 6.17. The molecule has 110 valence electrons. The van der Waals surface area contributed by atoms with Crippen LogP contribution >= 0.6 is 23.2 Å². The summed E-state index contributed by atoms with van der Waals surface area (Å²) in [6.45, 7) is 0. The Morgan fingerprint density at radius 3 is 2.77 bits per heavy atom. The lowest BCUT2D eigenvalue weighted by Gasteiger charge is -2.02. The van der Waals surface area contributed by atoms with Gasteiger partial charge in [-0.15, -0.1) is 0 Å². The Labute approximate surface area is 136 Å². The molecule has 0 aliphatic rings. The van der Waals surface area contributed by atoms with Crippen molar-refractivity contribution in [1.29, 1.82) is 0 Å². The fraction of sp³-hybridized carbons (Fsp3) is 0. The van der Waals surface area contributed by atoms with Crippen LogP contribution in [0.3, 0.4) is 0 Å². The first-order chi connectivity index (χ1) is 10.6. The van der Waals surface area contributed by atoms with Crippen LogP contribution in [0.4, 0.5) is 0 Å². The third-order valence-corrected chi connectivity index (χ3v) is 3.70. The van der Waals surface area contributed by atoms with Crippen molar-refractivity contribution in [1.82, 2.24) is 15.4 Å². The minimum absolute atomic E-state index is 0.337. The van der Waals surface area contributed by atoms with E-state index in [9.17, 15) is 4.79 Å². The van der Waals surface area contributed by atoms with Crippen molar-refractivity contribution in [3.63, 3.8) is 0 Å². The van der Waals surface area contributed by atoms with Crippen LogP contribution in [0.15, 0.2) is 47.8 Å². The molecule has 0 bridgehead atoms. The maximum Gasteiger partial charge on any atom is 0.271 e. The Morgan fingerprint density at radius 1 is 1.23 bits per heavy atom. The third-order valence-electron chi connectivity index (χ3n) is 3.04. The van der Waals surface area contributed by atoms with Crippen LogP contribution in [0.5, 0.6) is 0 Å². The first-order valence-electron chi connectivity index (χ1n) is 6.36. The van der Waals surface area contributed by atoms with Gasteiger partial charge in [-0.25, -0.2) is 10.4 Å². The number of aromatic amines is 1. The number of rotatable bonds is 3. The highest BCUT2D eigenvalue weighted by Crippen LogP contribution is 2.22. The first-order valence-corrected chi connectivity index (χ1v) is 7.11. The van der Waals surface area contributed by atoms with Crippen LogP contribution < -0.4 is 5.43 Å². The first kappa shape index (κ1) is 14.6. The molecule has 3 rings (SSSR count). The number of halogens is 2. The zero-order chi connectivity index (χ0) is 15.5. The molecule has 3 aromatic rings. The Kier molecular flexibility index (Phi) is 4.09. The maximum absolute atomic E-state index is 12.0. The van der Waals surface area contributed by atoms with E-state index in [-0.39, 0.29) is 5.91 Å². The van der Waals surface area contributed by atoms with E-state index in [2.05, 4.69) is 20.5 Å². The number of hydrogen-bond acceptors (Lipinski definition) is 3. The fourth-order valence-corrected chi connectivity index (χ4v) is 2.43. The highest BCUT2D eigenvalue weighted by Gasteiger charge is 2.07. The Bertz CT molecular complexity index is 853. The normalized spacial score (nSPS) is 11.2. The summed E-state index contributed by atoms with van der Waals surface area (Å²) in [7, 11) is 0. The van der Waals surface area contributed by atoms with Crippen molar-refractivity contribution in [2.75, 3.05) is 0 Å². The molecule has 0 radical (unpaired) electrons. The summed E-state index contributed by atoms with van der Waals surface area (Å²) in [6, 6.07) is 10.3. The van der Waals surface area contributed by atoms with E-state index in [1.807, 2.05) is 0 Å². The number of fused-ring (bicyclic) bond motifs is 1. The number of carbonyl (C=O) groups is 1. The minimum Gasteiger partial charge on any atom is -0.345 e. The van der Waals surface area contributed by atoms with Crippen molar-refractivity contribution in [3.05, 3.63) is 63.9 Å². The van der Waals surface area contributed by atoms with Crippen molar-refractivity contribution >= 4 is 46.4 Å². The van der Waals surface area contributed by atoms with Gasteiger partial charge in [0.2, 0.25) is 0 Å². The SMILES string of the molecule is O=C(N/N=C/c1c(Cl)cccc1Cl)c1ccc2nc[nH]c2c1. The summed E-state index contributed by atoms with van der Waals surface area (Å²) in [6.07, 6.45) is 2.99. The molecule has 22 heavy (non-hydrogen) atoms. The monoisotopic (exact) mass is 332 g/mol. The molecule has 0 atom stereocenters. The predicted octanol–water partition coefficient (Wildman–Crippen LogP) is 3.63. The van der Waals surface area contributed by atoms with E-state index in [1.165, 1.54) is 6.21 Å². The topological polar surface area (TPSA) is 70.1 Å². The average molecular weight is 333 g/mol. The van der Waals surface area contributed by atoms with Crippen molar-refractivity contribution in [2.45, 2.75) is 0 Å². The van der Waals surface area contributed by atoms with E-state index in [1.54, 1.807) is 42.7 Å². The highest BCUT2D eigenvalue weighted by molar-refractivity contribution is 6.38. The Morgan fingerprint density at radius 2 is 2.00 bits per heavy atom. The molecule has 0 aliphatic carbocycles. The predicted molar refractivity (Wildman–Crippen MR) is 87.6 cm³/mol. The molecule has 0 saturated carbocycles. The minimum atomic E-state index is -0.337. The van der Waals surface area contributed by atoms with Gasteiger partial charge in [0.05, 0.1) is 33.6 Å². The summed E-state index contributed by atoms with van der Waals surface area (Å²) >= 11 is 12.0. The molecule has 0 saturated heterocycles. The number of H-pyrrole nitrogens is 1. The molecule has 1 aromatic heterocycles. The molecular formula is C15H10Cl2N4O. The Hall–Kier alpha value is -2.37. The molecule has 2 aromatic carbocycles. The summed E-state index contributed by atoms with van der Waals surface area (Å²) < 4.78 is 0. The van der Waals surface area contributed by atoms with Gasteiger partial charge in [-0.05, 0) is 30.3 Å². The largest absolute Gasteiger partial charge is 0.345 e. The average Bonchev–Trinajstić information content (AvgIpc) is 2.97. The number of nitrogens with one attached hydrogen (secondary N) is 2. The van der Waals surface area contributed by atoms with Gasteiger partial charge < -0.3 is 4.98 Å². The van der Waals surface area contributed by atoms with Gasteiger partial charge in [0.1, 0.15) is 0 Å². The lowest BCUT2D eigenvalue weighted by atomic mass is 10.2. The number of benzene rings is 2. The lowest BCUT2D eigenvalue weighted by molar-refractivity contribution is 0.0955. The van der Waals surface area contributed by atoms with Gasteiger partial charge in [-0.1, -0.05) is 29.3 Å². The second-order valence-corrected chi connectivity index (χ2v) is 5.28. The van der Waals surface area contributed by atoms with Gasteiger partial charge in [-0.3, -0.25) is 4.79 Å². The third kappa shape index (κ3) is 2.95. The fourth-order valence-electron chi connectivity index (χ4n) is 1.93. The number of nitrogens with zero attached hydrogens (tertiary/aromatic N) is 2. The van der Waals surface area contributed by atoms with Gasteiger partial charge in [-0.2, -0.15) is 5.10 Å². The Balaban J connectivity index is 1.75. The summed E-state index contributed by atoms with van der Waals surface area (Å²) in [4.78, 5) is 19.1. The lowest BCUT2D eigenvalue weighted by Crippen LogP contribution is -2.17. The van der Waals surface area contributed by atoms with Crippen LogP contribution in [-0.2, 0) is 0 Å². The maximum atomic E-state index is 12.0. The van der Waals surface area contributed by atoms with Crippen molar-refractivity contribution in [3.8, 4) is 0 Å². The number of aromatic nitrogens is 2. The zero-order valence-electron chi connectivity index (χ0n) is 11.2. The standard InChI is InChI=1S/C15H10Cl2N4O/c16-11-2-1-3-12(17)10(11)7-20-21-15(22)9-4-5-13-14(6-9)19-8-18-13/h1-8H,(H,18,19)(H,21,22)/b20-7+. The van der Waals surface area contributed by atoms with Gasteiger partial charge >= 0.3 is 0 Å². The van der Waals surface area contributed by atoms with Crippen LogP contribution in [0.2, 0.25) is 10.0 Å². The summed E-state index contributed by atoms with van der Waals surface area (Å²) in [5.41, 5.74) is 5.04. The van der Waals surface area contributed by atoms with Crippen LogP contribution in [0, 0.1) is 0 Å². The van der Waals surface area contributed by atoms with Crippen LogP contribution in [0.1, 0.15) is 15.9 Å². The van der Waals surface area contributed by atoms with E-state index < -0.39 is 0 Å². The van der Waals surface area contributed by atoms with E-state index in [0.717, 1.165) is 11.0 Å². The van der Waals surface area contributed by atoms with Crippen molar-refractivity contribution in [2.24, 2.45) is 5.10 Å². The van der Waals surface area contributed by atoms with Gasteiger partial charge in [0.25, 0.3) is 5.91 Å². The smallest absolute Gasteiger partial charge is 0.271 e. The molecule has 0 aliphatic heterocycles. The number of imidazole rings is 1. The van der Waals surface area contributed by atoms with E-state index in [4.69, 9.17) is 23.2 Å². The summed E-state index contributed by atoms with van der Waals surface area (Å²) in [5.74, 6) is -0.337. The molecule has 0 unspecified atom stereocenters. The number of amides is 1. The zero-order valence-corrected chi connectivity index (χ0v) is 12.7. The molecule has 7 heteroatoms. The molecule has 1 amide bonds. The van der Waals surface area contributed by atoms with Crippen LogP contribution in [0.25, 0.3) is 11.0 Å². The molecule has 0 spiro atoms. The number of hydrogen-bond donors (Lipinski definition) is 2. The summed E-state index contributed by atoms with van der Waals surface area (Å²) in [5, 5.41) is 4.81. The number of carbonyl (C=O) groups excluding carboxylic acids is 1. The second-order valence-electron chi connectivity index (χ2n) is 4.47. The molecule has 5 nitrogen and oxygen atoms in total. The van der Waals surface area contributed by atoms with E-state index in [0.29, 0.717) is 21.2 Å². The van der Waals surface area contributed by atoms with Crippen molar-refractivity contribution < 1.29 is 4.79 Å². The quantitative estimate of drug-likeness (QED) is 0.567. The number of hydrazone groups is 1. The molecular weight excluding hydrogens is 323 g/mol. The molecule has 2 N–H and O–H groups in total. The molecule has 1 heterocycles.